The highest BCUT2D eigenvalue weighted by Gasteiger charge is 2.00. The van der Waals surface area contributed by atoms with Crippen molar-refractivity contribution in [2.45, 2.75) is 6.92 Å². The van der Waals surface area contributed by atoms with Crippen LogP contribution in [0, 0.1) is 11.3 Å². The van der Waals surface area contributed by atoms with Crippen LogP contribution in [0.4, 0.5) is 5.69 Å². The molecule has 0 aliphatic rings. The van der Waals surface area contributed by atoms with Gasteiger partial charge in [0.25, 0.3) is 0 Å². The van der Waals surface area contributed by atoms with Crippen LogP contribution in [0.2, 0.25) is 0 Å². The van der Waals surface area contributed by atoms with Gasteiger partial charge in [0.2, 0.25) is 5.91 Å². The quantitative estimate of drug-likeness (QED) is 0.484. The predicted molar refractivity (Wildman–Crippen MR) is 71.1 cm³/mol. The molecule has 0 bridgehead atoms. The highest BCUT2D eigenvalue weighted by atomic mass is 32.1. The van der Waals surface area contributed by atoms with Crippen LogP contribution in [0.5, 0.6) is 0 Å². The zero-order valence-corrected chi connectivity index (χ0v) is 10.0. The van der Waals surface area contributed by atoms with Crippen LogP contribution < -0.4 is 11.1 Å². The second-order valence-corrected chi connectivity index (χ2v) is 3.78. The number of nitrogens with one attached hydrogen (secondary N) is 1. The maximum absolute atomic E-state index is 10.8. The number of nitrogens with two attached hydrogens (primary N) is 1. The van der Waals surface area contributed by atoms with E-state index in [1.54, 1.807) is 30.3 Å². The van der Waals surface area contributed by atoms with Crippen molar-refractivity contribution in [1.29, 1.82) is 5.26 Å². The fourth-order valence-corrected chi connectivity index (χ4v) is 1.30. The number of amides is 1. The summed E-state index contributed by atoms with van der Waals surface area (Å²) in [6.45, 7) is 1.44. The average Bonchev–Trinajstić information content (AvgIpc) is 2.26. The van der Waals surface area contributed by atoms with E-state index < -0.39 is 0 Å². The topological polar surface area (TPSA) is 78.9 Å². The SMILES string of the molecule is CC(=O)Nc1ccc(/C=C(\C#N)C(N)=S)cc1. The zero-order valence-electron chi connectivity index (χ0n) is 9.23. The number of carbonyl (C=O) groups is 1. The van der Waals surface area contributed by atoms with Crippen molar-refractivity contribution >= 4 is 34.9 Å². The Balaban J connectivity index is 2.92. The van der Waals surface area contributed by atoms with Gasteiger partial charge in [-0.2, -0.15) is 5.26 Å². The number of hydrogen-bond donors (Lipinski definition) is 2. The molecule has 1 rings (SSSR count). The molecule has 1 aromatic rings. The molecule has 0 spiro atoms. The van der Waals surface area contributed by atoms with Crippen molar-refractivity contribution in [1.82, 2.24) is 0 Å². The number of rotatable bonds is 3. The molecule has 0 unspecified atom stereocenters. The Labute approximate surface area is 105 Å². The van der Waals surface area contributed by atoms with E-state index in [0.29, 0.717) is 5.69 Å². The number of benzene rings is 1. The lowest BCUT2D eigenvalue weighted by atomic mass is 10.1. The minimum Gasteiger partial charge on any atom is -0.389 e. The van der Waals surface area contributed by atoms with Gasteiger partial charge in [-0.25, -0.2) is 0 Å². The first-order chi connectivity index (χ1) is 8.02. The molecule has 0 aromatic heterocycles. The number of nitriles is 1. The molecule has 0 heterocycles. The van der Waals surface area contributed by atoms with Gasteiger partial charge in [0.1, 0.15) is 11.1 Å². The van der Waals surface area contributed by atoms with Gasteiger partial charge in [-0.1, -0.05) is 24.4 Å². The van der Waals surface area contributed by atoms with E-state index in [1.165, 1.54) is 6.92 Å². The van der Waals surface area contributed by atoms with Crippen molar-refractivity contribution in [2.24, 2.45) is 5.73 Å². The van der Waals surface area contributed by atoms with E-state index in [9.17, 15) is 4.79 Å². The van der Waals surface area contributed by atoms with Gasteiger partial charge in [-0.15, -0.1) is 0 Å². The Morgan fingerprint density at radius 1 is 1.47 bits per heavy atom. The maximum Gasteiger partial charge on any atom is 0.221 e. The van der Waals surface area contributed by atoms with Crippen LogP contribution in [0.1, 0.15) is 12.5 Å². The second kappa shape index (κ2) is 5.77. The van der Waals surface area contributed by atoms with Gasteiger partial charge in [0, 0.05) is 12.6 Å². The number of nitrogens with zero attached hydrogens (tertiary/aromatic N) is 1. The molecule has 1 amide bonds. The fourth-order valence-electron chi connectivity index (χ4n) is 1.19. The number of hydrogen-bond acceptors (Lipinski definition) is 3. The lowest BCUT2D eigenvalue weighted by Gasteiger charge is -2.02. The van der Waals surface area contributed by atoms with E-state index >= 15 is 0 Å². The van der Waals surface area contributed by atoms with E-state index in [-0.39, 0.29) is 16.5 Å². The van der Waals surface area contributed by atoms with E-state index in [2.05, 4.69) is 5.32 Å². The van der Waals surface area contributed by atoms with Crippen molar-refractivity contribution in [3.8, 4) is 6.07 Å². The molecular weight excluding hydrogens is 234 g/mol. The van der Waals surface area contributed by atoms with E-state index in [4.69, 9.17) is 23.2 Å². The second-order valence-electron chi connectivity index (χ2n) is 3.34. The highest BCUT2D eigenvalue weighted by molar-refractivity contribution is 7.80. The van der Waals surface area contributed by atoms with Crippen molar-refractivity contribution in [3.05, 3.63) is 35.4 Å². The lowest BCUT2D eigenvalue weighted by Crippen LogP contribution is -2.09. The summed E-state index contributed by atoms with van der Waals surface area (Å²) >= 11 is 4.73. The summed E-state index contributed by atoms with van der Waals surface area (Å²) in [6.07, 6.45) is 1.60. The molecule has 0 aliphatic carbocycles. The summed E-state index contributed by atoms with van der Waals surface area (Å²) in [6, 6.07) is 8.93. The van der Waals surface area contributed by atoms with Crippen LogP contribution in [0.15, 0.2) is 29.8 Å². The monoisotopic (exact) mass is 245 g/mol. The summed E-state index contributed by atoms with van der Waals surface area (Å²) < 4.78 is 0. The molecule has 0 saturated heterocycles. The Morgan fingerprint density at radius 3 is 2.47 bits per heavy atom. The number of anilines is 1. The molecule has 3 N–H and O–H groups in total. The molecule has 1 aromatic carbocycles. The van der Waals surface area contributed by atoms with Crippen LogP contribution in [-0.4, -0.2) is 10.9 Å². The molecule has 17 heavy (non-hydrogen) atoms. The molecular formula is C12H11N3OS. The van der Waals surface area contributed by atoms with Crippen LogP contribution in [-0.2, 0) is 4.79 Å². The summed E-state index contributed by atoms with van der Waals surface area (Å²) in [5.74, 6) is -0.130. The Hall–Kier alpha value is -2.19. The van der Waals surface area contributed by atoms with Crippen molar-refractivity contribution in [2.75, 3.05) is 5.32 Å². The molecule has 4 nitrogen and oxygen atoms in total. The molecule has 0 saturated carbocycles. The van der Waals surface area contributed by atoms with Crippen LogP contribution in [0.3, 0.4) is 0 Å². The zero-order chi connectivity index (χ0) is 12.8. The predicted octanol–water partition coefficient (Wildman–Crippen LogP) is 1.84. The van der Waals surface area contributed by atoms with Crippen molar-refractivity contribution < 1.29 is 4.79 Å². The molecule has 5 heteroatoms. The van der Waals surface area contributed by atoms with Gasteiger partial charge >= 0.3 is 0 Å². The molecule has 0 atom stereocenters. The first-order valence-electron chi connectivity index (χ1n) is 4.82. The first-order valence-corrected chi connectivity index (χ1v) is 5.23. The fraction of sp³-hybridized carbons (Fsp3) is 0.0833. The molecule has 86 valence electrons. The summed E-state index contributed by atoms with van der Waals surface area (Å²) in [4.78, 5) is 10.9. The standard InChI is InChI=1S/C12H11N3OS/c1-8(16)15-11-4-2-9(3-5-11)6-10(7-13)12(14)17/h2-6H,1H3,(H2,14,17)(H,15,16)/b10-6+. The minimum atomic E-state index is -0.130. The highest BCUT2D eigenvalue weighted by Crippen LogP contribution is 2.12. The van der Waals surface area contributed by atoms with Gasteiger partial charge < -0.3 is 11.1 Å². The number of thiocarbonyl (C=S) groups is 1. The minimum absolute atomic E-state index is 0.0680. The average molecular weight is 245 g/mol. The Kier molecular flexibility index (Phi) is 4.37. The van der Waals surface area contributed by atoms with Gasteiger partial charge in [0.05, 0.1) is 5.57 Å². The van der Waals surface area contributed by atoms with Gasteiger partial charge in [-0.05, 0) is 23.8 Å². The maximum atomic E-state index is 10.8. The first kappa shape index (κ1) is 12.9. The summed E-state index contributed by atoms with van der Waals surface area (Å²) in [5.41, 5.74) is 7.12. The Bertz CT molecular complexity index is 512. The Morgan fingerprint density at radius 2 is 2.06 bits per heavy atom. The number of carbonyl (C=O) groups excluding carboxylic acids is 1. The summed E-state index contributed by atoms with van der Waals surface area (Å²) in [5, 5.41) is 11.4. The summed E-state index contributed by atoms with van der Waals surface area (Å²) in [7, 11) is 0. The van der Waals surface area contributed by atoms with Crippen LogP contribution >= 0.6 is 12.2 Å². The molecule has 0 aliphatic heterocycles. The van der Waals surface area contributed by atoms with Gasteiger partial charge in [-0.3, -0.25) is 4.79 Å². The van der Waals surface area contributed by atoms with Crippen LogP contribution in [0.25, 0.3) is 6.08 Å². The normalized spacial score (nSPS) is 10.5. The lowest BCUT2D eigenvalue weighted by molar-refractivity contribution is -0.114. The van der Waals surface area contributed by atoms with E-state index in [0.717, 1.165) is 5.56 Å². The van der Waals surface area contributed by atoms with Crippen molar-refractivity contribution in [3.63, 3.8) is 0 Å². The van der Waals surface area contributed by atoms with Gasteiger partial charge in [0.15, 0.2) is 0 Å². The smallest absolute Gasteiger partial charge is 0.221 e. The molecule has 0 radical (unpaired) electrons. The third kappa shape index (κ3) is 4.05. The third-order valence-corrected chi connectivity index (χ3v) is 2.15. The largest absolute Gasteiger partial charge is 0.389 e. The third-order valence-electron chi connectivity index (χ3n) is 1.93. The van der Waals surface area contributed by atoms with E-state index in [1.807, 2.05) is 6.07 Å². The molecule has 0 fully saturated rings.